The molecule has 0 fully saturated rings. The number of carbonyl (C=O) groups excluding carboxylic acids is 1. The molecule has 6 nitrogen and oxygen atoms in total. The molecular weight excluding hydrogens is 363 g/mol. The third-order valence-corrected chi connectivity index (χ3v) is 4.14. The van der Waals surface area contributed by atoms with Gasteiger partial charge in [0, 0.05) is 18.7 Å². The monoisotopic (exact) mass is 388 g/mol. The van der Waals surface area contributed by atoms with E-state index >= 15 is 4.39 Å². The Morgan fingerprint density at radius 1 is 1.18 bits per heavy atom. The fourth-order valence-electron chi connectivity index (χ4n) is 2.73. The molecule has 1 amide bonds. The normalized spacial score (nSPS) is 13.5. The van der Waals surface area contributed by atoms with Gasteiger partial charge in [-0.3, -0.25) is 15.0 Å². The van der Waals surface area contributed by atoms with E-state index in [1.54, 1.807) is 64.1 Å². The molecular formula is C21H25FN2O4. The van der Waals surface area contributed by atoms with Crippen LogP contribution in [-0.4, -0.2) is 27.6 Å². The molecule has 0 aliphatic heterocycles. The van der Waals surface area contributed by atoms with Crippen molar-refractivity contribution in [3.63, 3.8) is 0 Å². The Bertz CT molecular complexity index is 821. The van der Waals surface area contributed by atoms with Gasteiger partial charge < -0.3 is 4.74 Å². The molecule has 0 aliphatic rings. The summed E-state index contributed by atoms with van der Waals surface area (Å²) in [5.41, 5.74) is 0.125. The highest BCUT2D eigenvalue weighted by Crippen LogP contribution is 2.28. The maximum atomic E-state index is 15.1. The number of hydrogen-bond donors (Lipinski definition) is 0. The van der Waals surface area contributed by atoms with Gasteiger partial charge in [0.05, 0.1) is 11.0 Å². The molecule has 0 saturated heterocycles. The van der Waals surface area contributed by atoms with E-state index in [1.165, 1.54) is 23.1 Å². The van der Waals surface area contributed by atoms with E-state index in [1.807, 2.05) is 0 Å². The Labute approximate surface area is 164 Å². The summed E-state index contributed by atoms with van der Waals surface area (Å²) < 4.78 is 20.6. The summed E-state index contributed by atoms with van der Waals surface area (Å²) in [6.45, 7) is 6.77. The lowest BCUT2D eigenvalue weighted by Gasteiger charge is -2.33. The van der Waals surface area contributed by atoms with Crippen molar-refractivity contribution < 1.29 is 18.8 Å². The molecule has 2 aromatic carbocycles. The molecule has 0 aromatic heterocycles. The van der Waals surface area contributed by atoms with Crippen molar-refractivity contribution in [2.24, 2.45) is 0 Å². The number of amides is 1. The number of hydrogen-bond acceptors (Lipinski definition) is 4. The topological polar surface area (TPSA) is 72.7 Å². The molecule has 2 rings (SSSR count). The summed E-state index contributed by atoms with van der Waals surface area (Å²) in [5.74, 6) is 0. The van der Waals surface area contributed by atoms with Gasteiger partial charge in [0.2, 0.25) is 0 Å². The summed E-state index contributed by atoms with van der Waals surface area (Å²) in [6.07, 6.45) is -2.11. The third kappa shape index (κ3) is 5.77. The van der Waals surface area contributed by atoms with E-state index in [2.05, 4.69) is 0 Å². The largest absolute Gasteiger partial charge is 0.444 e. The smallest absolute Gasteiger partial charge is 0.410 e. The minimum Gasteiger partial charge on any atom is -0.444 e. The number of rotatable bonds is 6. The van der Waals surface area contributed by atoms with Gasteiger partial charge in [-0.2, -0.15) is 0 Å². The van der Waals surface area contributed by atoms with Crippen LogP contribution in [0.15, 0.2) is 54.6 Å². The van der Waals surface area contributed by atoms with Gasteiger partial charge in [0.1, 0.15) is 11.8 Å². The third-order valence-electron chi connectivity index (χ3n) is 4.14. The highest BCUT2D eigenvalue weighted by atomic mass is 19.1. The summed E-state index contributed by atoms with van der Waals surface area (Å²) in [4.78, 5) is 24.5. The van der Waals surface area contributed by atoms with Crippen molar-refractivity contribution in [2.75, 3.05) is 0 Å². The van der Waals surface area contributed by atoms with Gasteiger partial charge in [-0.25, -0.2) is 9.18 Å². The molecule has 28 heavy (non-hydrogen) atoms. The predicted octanol–water partition coefficient (Wildman–Crippen LogP) is 5.43. The second kappa shape index (κ2) is 8.82. The molecule has 0 unspecified atom stereocenters. The first kappa shape index (κ1) is 21.3. The van der Waals surface area contributed by atoms with Gasteiger partial charge >= 0.3 is 6.09 Å². The average Bonchev–Trinajstić information content (AvgIpc) is 2.64. The van der Waals surface area contributed by atoms with E-state index in [4.69, 9.17) is 4.74 Å². The first-order valence-electron chi connectivity index (χ1n) is 9.00. The van der Waals surface area contributed by atoms with Crippen LogP contribution in [0.25, 0.3) is 0 Å². The number of nitro groups is 1. The van der Waals surface area contributed by atoms with Crippen molar-refractivity contribution in [3.05, 3.63) is 75.8 Å². The lowest BCUT2D eigenvalue weighted by Crippen LogP contribution is -2.43. The van der Waals surface area contributed by atoms with Crippen molar-refractivity contribution in [1.82, 2.24) is 4.90 Å². The first-order chi connectivity index (χ1) is 13.1. The Morgan fingerprint density at radius 2 is 1.82 bits per heavy atom. The molecule has 0 bridgehead atoms. The minimum atomic E-state index is -1.44. The number of nitro benzene ring substituents is 1. The van der Waals surface area contributed by atoms with E-state index in [0.29, 0.717) is 11.1 Å². The summed E-state index contributed by atoms with van der Waals surface area (Å²) in [5, 5.41) is 11.0. The molecule has 0 saturated carbocycles. The van der Waals surface area contributed by atoms with Crippen LogP contribution in [0.1, 0.15) is 45.0 Å². The maximum Gasteiger partial charge on any atom is 0.410 e. The molecule has 0 N–H and O–H groups in total. The van der Waals surface area contributed by atoms with Crippen molar-refractivity contribution in [3.8, 4) is 0 Å². The molecule has 2 atom stereocenters. The van der Waals surface area contributed by atoms with E-state index in [9.17, 15) is 14.9 Å². The van der Waals surface area contributed by atoms with Crippen LogP contribution in [0.4, 0.5) is 14.9 Å². The number of ether oxygens (including phenoxy) is 1. The standard InChI is InChI=1S/C21H25FN2O4/c1-15(19(22)17-10-6-5-7-11-17)23(20(25)28-21(2,3)4)14-16-9-8-12-18(13-16)24(26)27/h5-13,15,19H,14H2,1-4H3/t15-,19+/m1/s1. The van der Waals surface area contributed by atoms with E-state index in [0.717, 1.165) is 0 Å². The second-order valence-electron chi connectivity index (χ2n) is 7.59. The number of non-ortho nitro benzene ring substituents is 1. The lowest BCUT2D eigenvalue weighted by molar-refractivity contribution is -0.384. The molecule has 150 valence electrons. The van der Waals surface area contributed by atoms with Crippen LogP contribution < -0.4 is 0 Å². The summed E-state index contributed by atoms with van der Waals surface area (Å²) in [6, 6.07) is 13.7. The fourth-order valence-corrected chi connectivity index (χ4v) is 2.73. The van der Waals surface area contributed by atoms with Gasteiger partial charge in [-0.15, -0.1) is 0 Å². The second-order valence-corrected chi connectivity index (χ2v) is 7.59. The molecule has 7 heteroatoms. The van der Waals surface area contributed by atoms with E-state index < -0.39 is 28.8 Å². The number of alkyl halides is 1. The van der Waals surface area contributed by atoms with Crippen LogP contribution >= 0.6 is 0 Å². The van der Waals surface area contributed by atoms with Crippen molar-refractivity contribution in [2.45, 2.75) is 52.1 Å². The van der Waals surface area contributed by atoms with Crippen LogP contribution in [0.5, 0.6) is 0 Å². The Morgan fingerprint density at radius 3 is 2.39 bits per heavy atom. The van der Waals surface area contributed by atoms with Crippen molar-refractivity contribution >= 4 is 11.8 Å². The zero-order valence-corrected chi connectivity index (χ0v) is 16.5. The van der Waals surface area contributed by atoms with Crippen LogP contribution in [0.2, 0.25) is 0 Å². The number of nitrogens with zero attached hydrogens (tertiary/aromatic N) is 2. The number of carbonyl (C=O) groups is 1. The quantitative estimate of drug-likeness (QED) is 0.488. The maximum absolute atomic E-state index is 15.1. The van der Waals surface area contributed by atoms with Crippen LogP contribution in [0.3, 0.4) is 0 Å². The molecule has 0 heterocycles. The molecule has 0 spiro atoms. The first-order valence-corrected chi connectivity index (χ1v) is 9.00. The SMILES string of the molecule is C[C@H]([C@H](F)c1ccccc1)N(Cc1cccc([N+](=O)[O-])c1)C(=O)OC(C)(C)C. The molecule has 2 aromatic rings. The van der Waals surface area contributed by atoms with Gasteiger partial charge in [0.15, 0.2) is 0 Å². The zero-order valence-electron chi connectivity index (χ0n) is 16.5. The minimum absolute atomic E-state index is 0.00892. The lowest BCUT2D eigenvalue weighted by atomic mass is 10.0. The number of halogens is 1. The Balaban J connectivity index is 2.32. The van der Waals surface area contributed by atoms with Gasteiger partial charge in [-0.05, 0) is 38.8 Å². The van der Waals surface area contributed by atoms with Gasteiger partial charge in [0.25, 0.3) is 5.69 Å². The van der Waals surface area contributed by atoms with Crippen LogP contribution in [-0.2, 0) is 11.3 Å². The van der Waals surface area contributed by atoms with Crippen molar-refractivity contribution in [1.29, 1.82) is 0 Å². The Kier molecular flexibility index (Phi) is 6.72. The summed E-state index contributed by atoms with van der Waals surface area (Å²) >= 11 is 0. The van der Waals surface area contributed by atoms with Gasteiger partial charge in [-0.1, -0.05) is 42.5 Å². The predicted molar refractivity (Wildman–Crippen MR) is 105 cm³/mol. The fraction of sp³-hybridized carbons (Fsp3) is 0.381. The molecule has 0 aliphatic carbocycles. The number of benzene rings is 2. The van der Waals surface area contributed by atoms with E-state index in [-0.39, 0.29) is 12.2 Å². The summed E-state index contributed by atoms with van der Waals surface area (Å²) in [7, 11) is 0. The molecule has 0 radical (unpaired) electrons. The highest BCUT2D eigenvalue weighted by Gasteiger charge is 2.32. The highest BCUT2D eigenvalue weighted by molar-refractivity contribution is 5.68. The Hall–Kier alpha value is -2.96. The zero-order chi connectivity index (χ0) is 20.9. The van der Waals surface area contributed by atoms with Crippen LogP contribution in [0, 0.1) is 10.1 Å². The average molecular weight is 388 g/mol.